The number of nitrogens with zero attached hydrogens (tertiary/aromatic N) is 3. The average molecular weight is 418 g/mol. The zero-order chi connectivity index (χ0) is 22.1. The molecule has 0 atom stereocenters. The van der Waals surface area contributed by atoms with Crippen LogP contribution in [0.15, 0.2) is 49.1 Å². The van der Waals surface area contributed by atoms with Gasteiger partial charge in [0.1, 0.15) is 0 Å². The smallest absolute Gasteiger partial charge is 0.257 e. The topological polar surface area (TPSA) is 78.3 Å². The second-order valence-electron chi connectivity index (χ2n) is 6.90. The highest BCUT2D eigenvalue weighted by molar-refractivity contribution is 6.04. The second-order valence-corrected chi connectivity index (χ2v) is 6.90. The van der Waals surface area contributed by atoms with E-state index in [1.54, 1.807) is 43.6 Å². The third-order valence-electron chi connectivity index (χ3n) is 4.60. The number of methoxy groups -OCH3 is 2. The molecule has 1 aromatic carbocycles. The number of para-hydroxylation sites is 1. The number of rotatable bonds is 8. The summed E-state index contributed by atoms with van der Waals surface area (Å²) in [5.41, 5.74) is 2.68. The molecule has 0 unspecified atom stereocenters. The SMILES string of the molecule is CCCCC#Cc1cncc(C(=O)Nc2cnn(Cc3cccc(OC)c3OC)c2)c1. The highest BCUT2D eigenvalue weighted by atomic mass is 16.5. The maximum absolute atomic E-state index is 12.6. The number of benzene rings is 1. The number of unbranched alkanes of at least 4 members (excludes halogenated alkanes) is 2. The van der Waals surface area contributed by atoms with Gasteiger partial charge in [0.2, 0.25) is 0 Å². The minimum absolute atomic E-state index is 0.261. The van der Waals surface area contributed by atoms with Crippen LogP contribution in [-0.4, -0.2) is 34.9 Å². The van der Waals surface area contributed by atoms with E-state index in [4.69, 9.17) is 9.47 Å². The summed E-state index contributed by atoms with van der Waals surface area (Å²) < 4.78 is 12.5. The Kier molecular flexibility index (Phi) is 7.66. The molecule has 7 heteroatoms. The normalized spacial score (nSPS) is 10.2. The Balaban J connectivity index is 1.67. The Hall–Kier alpha value is -3.79. The maximum atomic E-state index is 12.6. The number of carbonyl (C=O) groups excluding carboxylic acids is 1. The van der Waals surface area contributed by atoms with Gasteiger partial charge in [0.25, 0.3) is 5.91 Å². The average Bonchev–Trinajstić information content (AvgIpc) is 3.23. The Morgan fingerprint density at radius 1 is 1.19 bits per heavy atom. The summed E-state index contributed by atoms with van der Waals surface area (Å²) in [7, 11) is 3.20. The number of aromatic nitrogens is 3. The van der Waals surface area contributed by atoms with Crippen molar-refractivity contribution in [2.75, 3.05) is 19.5 Å². The number of nitrogens with one attached hydrogen (secondary N) is 1. The molecule has 1 amide bonds. The fraction of sp³-hybridized carbons (Fsp3) is 0.292. The van der Waals surface area contributed by atoms with Gasteiger partial charge in [-0.2, -0.15) is 5.10 Å². The van der Waals surface area contributed by atoms with E-state index in [-0.39, 0.29) is 5.91 Å². The Morgan fingerprint density at radius 2 is 2.06 bits per heavy atom. The highest BCUT2D eigenvalue weighted by Crippen LogP contribution is 2.31. The van der Waals surface area contributed by atoms with E-state index < -0.39 is 0 Å². The Bertz CT molecular complexity index is 1100. The number of pyridine rings is 1. The number of hydrogen-bond acceptors (Lipinski definition) is 5. The van der Waals surface area contributed by atoms with Crippen molar-refractivity contribution in [2.45, 2.75) is 32.7 Å². The van der Waals surface area contributed by atoms with Gasteiger partial charge in [-0.05, 0) is 18.6 Å². The van der Waals surface area contributed by atoms with Crippen molar-refractivity contribution in [2.24, 2.45) is 0 Å². The summed E-state index contributed by atoms with van der Waals surface area (Å²) in [6.07, 6.45) is 9.56. The minimum atomic E-state index is -0.261. The first-order chi connectivity index (χ1) is 15.1. The van der Waals surface area contributed by atoms with Crippen LogP contribution in [0.1, 0.15) is 47.7 Å². The van der Waals surface area contributed by atoms with Gasteiger partial charge in [0, 0.05) is 36.1 Å². The van der Waals surface area contributed by atoms with Crippen molar-refractivity contribution in [3.63, 3.8) is 0 Å². The van der Waals surface area contributed by atoms with Crippen molar-refractivity contribution in [3.8, 4) is 23.3 Å². The van der Waals surface area contributed by atoms with E-state index in [1.165, 1.54) is 6.20 Å². The van der Waals surface area contributed by atoms with Gasteiger partial charge in [-0.15, -0.1) is 0 Å². The molecule has 2 heterocycles. The van der Waals surface area contributed by atoms with Crippen LogP contribution < -0.4 is 14.8 Å². The molecule has 2 aromatic heterocycles. The fourth-order valence-corrected chi connectivity index (χ4v) is 3.03. The number of hydrogen-bond donors (Lipinski definition) is 1. The van der Waals surface area contributed by atoms with Crippen molar-refractivity contribution < 1.29 is 14.3 Å². The summed E-state index contributed by atoms with van der Waals surface area (Å²) in [6, 6.07) is 7.42. The zero-order valence-electron chi connectivity index (χ0n) is 18.0. The van der Waals surface area contributed by atoms with Crippen LogP contribution >= 0.6 is 0 Å². The summed E-state index contributed by atoms with van der Waals surface area (Å²) in [5, 5.41) is 7.18. The Morgan fingerprint density at radius 3 is 2.84 bits per heavy atom. The predicted molar refractivity (Wildman–Crippen MR) is 119 cm³/mol. The Labute approximate surface area is 182 Å². The minimum Gasteiger partial charge on any atom is -0.493 e. The van der Waals surface area contributed by atoms with E-state index >= 15 is 0 Å². The lowest BCUT2D eigenvalue weighted by Gasteiger charge is -2.12. The summed E-state index contributed by atoms with van der Waals surface area (Å²) in [5.74, 6) is 7.23. The molecule has 0 fully saturated rings. The van der Waals surface area contributed by atoms with Gasteiger partial charge >= 0.3 is 0 Å². The fourth-order valence-electron chi connectivity index (χ4n) is 3.03. The molecule has 3 aromatic rings. The number of ether oxygens (including phenoxy) is 2. The summed E-state index contributed by atoms with van der Waals surface area (Å²) in [6.45, 7) is 2.60. The molecule has 3 rings (SSSR count). The van der Waals surface area contributed by atoms with Crippen LogP contribution in [-0.2, 0) is 6.54 Å². The standard InChI is InChI=1S/C24H26N4O3/c1-4-5-6-7-9-18-12-20(14-25-13-18)24(29)27-21-15-26-28(17-21)16-19-10-8-11-22(30-2)23(19)31-3/h8,10-15,17H,4-6,16H2,1-3H3,(H,27,29). The number of anilines is 1. The molecule has 0 aliphatic heterocycles. The van der Waals surface area contributed by atoms with Gasteiger partial charge in [0.15, 0.2) is 11.5 Å². The van der Waals surface area contributed by atoms with Gasteiger partial charge in [0.05, 0.1) is 38.2 Å². The monoisotopic (exact) mass is 418 g/mol. The molecular weight excluding hydrogens is 392 g/mol. The van der Waals surface area contributed by atoms with Crippen LogP contribution in [0, 0.1) is 11.8 Å². The first-order valence-electron chi connectivity index (χ1n) is 10.1. The molecule has 0 aliphatic carbocycles. The molecule has 7 nitrogen and oxygen atoms in total. The molecule has 160 valence electrons. The van der Waals surface area contributed by atoms with Gasteiger partial charge in [-0.25, -0.2) is 0 Å². The summed E-state index contributed by atoms with van der Waals surface area (Å²) >= 11 is 0. The third kappa shape index (κ3) is 5.86. The van der Waals surface area contributed by atoms with Gasteiger partial charge < -0.3 is 14.8 Å². The van der Waals surface area contributed by atoms with E-state index in [0.29, 0.717) is 29.3 Å². The van der Waals surface area contributed by atoms with Crippen LogP contribution in [0.3, 0.4) is 0 Å². The third-order valence-corrected chi connectivity index (χ3v) is 4.60. The first-order valence-corrected chi connectivity index (χ1v) is 10.1. The molecule has 1 N–H and O–H groups in total. The van der Waals surface area contributed by atoms with Crippen molar-refractivity contribution in [3.05, 3.63) is 65.7 Å². The van der Waals surface area contributed by atoms with E-state index in [2.05, 4.69) is 34.2 Å². The van der Waals surface area contributed by atoms with E-state index in [0.717, 1.165) is 30.4 Å². The molecular formula is C24H26N4O3. The van der Waals surface area contributed by atoms with Gasteiger partial charge in [-0.3, -0.25) is 14.5 Å². The van der Waals surface area contributed by atoms with Crippen LogP contribution in [0.4, 0.5) is 5.69 Å². The molecule has 0 saturated carbocycles. The second kappa shape index (κ2) is 10.8. The van der Waals surface area contributed by atoms with Crippen molar-refractivity contribution >= 4 is 11.6 Å². The van der Waals surface area contributed by atoms with Crippen molar-refractivity contribution in [1.82, 2.24) is 14.8 Å². The largest absolute Gasteiger partial charge is 0.493 e. The molecule has 0 radical (unpaired) electrons. The molecule has 0 bridgehead atoms. The molecule has 0 spiro atoms. The first kappa shape index (κ1) is 21.9. The van der Waals surface area contributed by atoms with Gasteiger partial charge in [-0.1, -0.05) is 37.3 Å². The van der Waals surface area contributed by atoms with Crippen molar-refractivity contribution in [1.29, 1.82) is 0 Å². The van der Waals surface area contributed by atoms with Crippen LogP contribution in [0.5, 0.6) is 11.5 Å². The van der Waals surface area contributed by atoms with Crippen LogP contribution in [0.25, 0.3) is 0 Å². The highest BCUT2D eigenvalue weighted by Gasteiger charge is 2.12. The zero-order valence-corrected chi connectivity index (χ0v) is 18.0. The predicted octanol–water partition coefficient (Wildman–Crippen LogP) is 4.14. The number of carbonyl (C=O) groups is 1. The van der Waals surface area contributed by atoms with E-state index in [1.807, 2.05) is 18.2 Å². The lowest BCUT2D eigenvalue weighted by Crippen LogP contribution is -2.12. The summed E-state index contributed by atoms with van der Waals surface area (Å²) in [4.78, 5) is 16.8. The molecule has 0 aliphatic rings. The lowest BCUT2D eigenvalue weighted by atomic mass is 10.2. The maximum Gasteiger partial charge on any atom is 0.257 e. The van der Waals surface area contributed by atoms with Crippen LogP contribution in [0.2, 0.25) is 0 Å². The quantitative estimate of drug-likeness (QED) is 0.439. The number of amides is 1. The lowest BCUT2D eigenvalue weighted by molar-refractivity contribution is 0.102. The van der Waals surface area contributed by atoms with E-state index in [9.17, 15) is 4.79 Å². The molecule has 31 heavy (non-hydrogen) atoms. The molecule has 0 saturated heterocycles.